The van der Waals surface area contributed by atoms with Crippen LogP contribution < -0.4 is 5.32 Å². The normalized spacial score (nSPS) is 20.2. The Morgan fingerprint density at radius 3 is 2.81 bits per heavy atom. The van der Waals surface area contributed by atoms with Crippen LogP contribution in [-0.4, -0.2) is 48.4 Å². The summed E-state index contributed by atoms with van der Waals surface area (Å²) in [5.74, 6) is -0.343. The van der Waals surface area contributed by atoms with E-state index >= 15 is 0 Å². The van der Waals surface area contributed by atoms with Gasteiger partial charge in [0, 0.05) is 35.4 Å². The number of rotatable bonds is 7. The first-order valence-corrected chi connectivity index (χ1v) is 10.7. The highest BCUT2D eigenvalue weighted by molar-refractivity contribution is 6.31. The molecule has 0 bridgehead atoms. The molecule has 7 heteroatoms. The van der Waals surface area contributed by atoms with E-state index in [4.69, 9.17) is 16.3 Å². The molecule has 2 heterocycles. The molecule has 1 aromatic heterocycles. The van der Waals surface area contributed by atoms with Crippen LogP contribution in [0.4, 0.5) is 5.69 Å². The second kappa shape index (κ2) is 8.94. The predicted molar refractivity (Wildman–Crippen MR) is 125 cm³/mol. The number of hydrogen-bond acceptors (Lipinski definition) is 6. The standard InChI is InChI=1S/C24H25ClN4O2/c1-17-24(23(30)31-2,18-7-4-3-5-8-18)28-16-29(17)14-6-12-26-21-11-13-27-22-15-19(25)9-10-20(21)22/h3-5,7-11,13,15-17H,6,12,14H2,1-2H3,(H,26,27). The zero-order valence-electron chi connectivity index (χ0n) is 17.6. The van der Waals surface area contributed by atoms with Crippen molar-refractivity contribution in [3.8, 4) is 0 Å². The lowest BCUT2D eigenvalue weighted by atomic mass is 9.84. The van der Waals surface area contributed by atoms with Crippen LogP contribution in [0.15, 0.2) is 65.8 Å². The van der Waals surface area contributed by atoms with Gasteiger partial charge in [0.25, 0.3) is 0 Å². The van der Waals surface area contributed by atoms with E-state index in [2.05, 4.69) is 20.2 Å². The third kappa shape index (κ3) is 3.95. The fourth-order valence-corrected chi connectivity index (χ4v) is 4.30. The van der Waals surface area contributed by atoms with E-state index in [0.29, 0.717) is 5.02 Å². The third-order valence-electron chi connectivity index (χ3n) is 5.84. The number of aliphatic imine (C=N–C) groups is 1. The lowest BCUT2D eigenvalue weighted by Gasteiger charge is -2.33. The van der Waals surface area contributed by atoms with Crippen LogP contribution in [0.25, 0.3) is 10.9 Å². The van der Waals surface area contributed by atoms with E-state index in [1.807, 2.05) is 61.5 Å². The topological polar surface area (TPSA) is 66.8 Å². The molecule has 3 aromatic rings. The number of nitrogens with zero attached hydrogens (tertiary/aromatic N) is 3. The Morgan fingerprint density at radius 1 is 1.23 bits per heavy atom. The minimum absolute atomic E-state index is 0.147. The van der Waals surface area contributed by atoms with E-state index in [9.17, 15) is 4.79 Å². The van der Waals surface area contributed by atoms with Crippen LogP contribution in [0.5, 0.6) is 0 Å². The van der Waals surface area contributed by atoms with Crippen LogP contribution in [0.1, 0.15) is 18.9 Å². The Morgan fingerprint density at radius 2 is 2.03 bits per heavy atom. The molecule has 31 heavy (non-hydrogen) atoms. The van der Waals surface area contributed by atoms with Gasteiger partial charge in [-0.3, -0.25) is 9.98 Å². The number of aromatic nitrogens is 1. The molecule has 2 atom stereocenters. The number of anilines is 1. The van der Waals surface area contributed by atoms with Crippen molar-refractivity contribution in [2.45, 2.75) is 24.9 Å². The highest BCUT2D eigenvalue weighted by Crippen LogP contribution is 2.37. The molecule has 2 unspecified atom stereocenters. The van der Waals surface area contributed by atoms with Gasteiger partial charge in [-0.1, -0.05) is 41.9 Å². The molecule has 2 aromatic carbocycles. The Kier molecular flexibility index (Phi) is 6.09. The summed E-state index contributed by atoms with van der Waals surface area (Å²) >= 11 is 6.07. The van der Waals surface area contributed by atoms with Crippen molar-refractivity contribution in [1.82, 2.24) is 9.88 Å². The van der Waals surface area contributed by atoms with Gasteiger partial charge in [-0.15, -0.1) is 0 Å². The van der Waals surface area contributed by atoms with E-state index in [1.54, 1.807) is 12.5 Å². The summed E-state index contributed by atoms with van der Waals surface area (Å²) in [6, 6.07) is 17.1. The van der Waals surface area contributed by atoms with Gasteiger partial charge in [0.1, 0.15) is 0 Å². The molecular weight excluding hydrogens is 412 g/mol. The Labute approximate surface area is 186 Å². The first-order chi connectivity index (χ1) is 15.1. The summed E-state index contributed by atoms with van der Waals surface area (Å²) in [5.41, 5.74) is 1.69. The first-order valence-electron chi connectivity index (χ1n) is 10.3. The summed E-state index contributed by atoms with van der Waals surface area (Å²) in [7, 11) is 1.41. The lowest BCUT2D eigenvalue weighted by molar-refractivity contribution is -0.148. The van der Waals surface area contributed by atoms with Crippen molar-refractivity contribution in [1.29, 1.82) is 0 Å². The number of carbonyl (C=O) groups is 1. The third-order valence-corrected chi connectivity index (χ3v) is 6.07. The van der Waals surface area contributed by atoms with Gasteiger partial charge in [-0.2, -0.15) is 0 Å². The molecule has 1 aliphatic rings. The number of methoxy groups -OCH3 is 1. The van der Waals surface area contributed by atoms with Crippen molar-refractivity contribution in [2.75, 3.05) is 25.5 Å². The molecular formula is C24H25ClN4O2. The second-order valence-corrected chi connectivity index (χ2v) is 8.02. The fraction of sp³-hybridized carbons (Fsp3) is 0.292. The number of benzene rings is 2. The molecule has 0 spiro atoms. The maximum absolute atomic E-state index is 12.8. The van der Waals surface area contributed by atoms with Crippen LogP contribution in [0.3, 0.4) is 0 Å². The Hall–Kier alpha value is -3.12. The molecule has 160 valence electrons. The van der Waals surface area contributed by atoms with Crippen molar-refractivity contribution in [3.63, 3.8) is 0 Å². The molecule has 6 nitrogen and oxygen atoms in total. The summed E-state index contributed by atoms with van der Waals surface area (Å²) in [6.45, 7) is 3.55. The van der Waals surface area contributed by atoms with E-state index < -0.39 is 5.54 Å². The van der Waals surface area contributed by atoms with E-state index in [1.165, 1.54) is 7.11 Å². The highest BCUT2D eigenvalue weighted by Gasteiger charge is 2.51. The quantitative estimate of drug-likeness (QED) is 0.436. The largest absolute Gasteiger partial charge is 0.467 e. The maximum atomic E-state index is 12.8. The summed E-state index contributed by atoms with van der Waals surface area (Å²) < 4.78 is 5.14. The van der Waals surface area contributed by atoms with Gasteiger partial charge in [0.2, 0.25) is 5.54 Å². The van der Waals surface area contributed by atoms with Gasteiger partial charge in [-0.05, 0) is 43.2 Å². The maximum Gasteiger partial charge on any atom is 0.340 e. The monoisotopic (exact) mass is 436 g/mol. The van der Waals surface area contributed by atoms with Crippen molar-refractivity contribution < 1.29 is 9.53 Å². The first kappa shape index (κ1) is 21.1. The molecule has 1 N–H and O–H groups in total. The molecule has 4 rings (SSSR count). The van der Waals surface area contributed by atoms with Crippen LogP contribution in [-0.2, 0) is 15.1 Å². The van der Waals surface area contributed by atoms with Crippen LogP contribution in [0.2, 0.25) is 5.02 Å². The number of esters is 1. The minimum atomic E-state index is -1.04. The number of pyridine rings is 1. The van der Waals surface area contributed by atoms with Crippen LogP contribution in [0, 0.1) is 0 Å². The van der Waals surface area contributed by atoms with Gasteiger partial charge in [0.05, 0.1) is 25.0 Å². The van der Waals surface area contributed by atoms with Crippen LogP contribution >= 0.6 is 11.6 Å². The number of hydrogen-bond donors (Lipinski definition) is 1. The average molecular weight is 437 g/mol. The van der Waals surface area contributed by atoms with E-state index in [0.717, 1.165) is 41.7 Å². The molecule has 0 saturated heterocycles. The summed E-state index contributed by atoms with van der Waals surface area (Å²) in [5, 5.41) is 5.20. The van der Waals surface area contributed by atoms with Gasteiger partial charge >= 0.3 is 5.97 Å². The second-order valence-electron chi connectivity index (χ2n) is 7.58. The number of nitrogens with one attached hydrogen (secondary N) is 1. The zero-order valence-corrected chi connectivity index (χ0v) is 18.3. The van der Waals surface area contributed by atoms with Gasteiger partial charge < -0.3 is 15.0 Å². The number of fused-ring (bicyclic) bond motifs is 1. The summed E-state index contributed by atoms with van der Waals surface area (Å²) in [6.07, 6.45) is 4.43. The molecule has 1 aliphatic heterocycles. The fourth-order valence-electron chi connectivity index (χ4n) is 4.13. The average Bonchev–Trinajstić information content (AvgIpc) is 3.13. The SMILES string of the molecule is COC(=O)C1(c2ccccc2)N=CN(CCCNc2ccnc3cc(Cl)ccc23)C1C. The van der Waals surface area contributed by atoms with E-state index in [-0.39, 0.29) is 12.0 Å². The van der Waals surface area contributed by atoms with Crippen molar-refractivity contribution >= 4 is 40.5 Å². The summed E-state index contributed by atoms with van der Waals surface area (Å²) in [4.78, 5) is 23.9. The highest BCUT2D eigenvalue weighted by atomic mass is 35.5. The Bertz CT molecular complexity index is 1110. The zero-order chi connectivity index (χ0) is 21.8. The molecule has 0 aliphatic carbocycles. The number of ether oxygens (including phenoxy) is 1. The molecule has 0 saturated carbocycles. The van der Waals surface area contributed by atoms with Crippen molar-refractivity contribution in [3.05, 3.63) is 71.4 Å². The molecule has 0 amide bonds. The predicted octanol–water partition coefficient (Wildman–Crippen LogP) is 4.49. The molecule has 0 radical (unpaired) electrons. The minimum Gasteiger partial charge on any atom is -0.467 e. The molecule has 0 fully saturated rings. The number of halogens is 1. The van der Waals surface area contributed by atoms with Gasteiger partial charge in [0.15, 0.2) is 0 Å². The smallest absolute Gasteiger partial charge is 0.340 e. The van der Waals surface area contributed by atoms with Crippen molar-refractivity contribution in [2.24, 2.45) is 4.99 Å². The van der Waals surface area contributed by atoms with Gasteiger partial charge in [-0.25, -0.2) is 4.79 Å². The number of carbonyl (C=O) groups excluding carboxylic acids is 1. The Balaban J connectivity index is 1.41. The lowest BCUT2D eigenvalue weighted by Crippen LogP contribution is -2.48.